The number of nitrogens with zero attached hydrogens (tertiary/aromatic N) is 2. The second-order valence-electron chi connectivity index (χ2n) is 5.79. The van der Waals surface area contributed by atoms with Crippen LogP contribution in [-0.2, 0) is 23.1 Å². The van der Waals surface area contributed by atoms with Crippen LogP contribution in [0.1, 0.15) is 32.9 Å². The van der Waals surface area contributed by atoms with E-state index in [1.807, 2.05) is 20.9 Å². The molecule has 0 atom stereocenters. The van der Waals surface area contributed by atoms with E-state index in [0.717, 1.165) is 22.5 Å². The van der Waals surface area contributed by atoms with Crippen LogP contribution in [0.2, 0.25) is 0 Å². The largest absolute Gasteiger partial charge is 0.496 e. The Morgan fingerprint density at radius 1 is 1.27 bits per heavy atom. The van der Waals surface area contributed by atoms with Gasteiger partial charge in [-0.1, -0.05) is 6.07 Å². The molecule has 1 aromatic carbocycles. The monoisotopic (exact) mass is 357 g/mol. The molecule has 2 rings (SSSR count). The SMILES string of the molecule is COC(=O)c1cc(CNC(=O)/C=C/c2c(C)nn(C)c2C)ccc1OC. The van der Waals surface area contributed by atoms with Gasteiger partial charge in [0.05, 0.1) is 19.9 Å². The van der Waals surface area contributed by atoms with Crippen molar-refractivity contribution in [2.24, 2.45) is 7.05 Å². The number of methoxy groups -OCH3 is 2. The van der Waals surface area contributed by atoms with Crippen LogP contribution in [0.15, 0.2) is 24.3 Å². The lowest BCUT2D eigenvalue weighted by atomic mass is 10.1. The normalized spacial score (nSPS) is 10.8. The van der Waals surface area contributed by atoms with E-state index in [0.29, 0.717) is 11.3 Å². The minimum Gasteiger partial charge on any atom is -0.496 e. The summed E-state index contributed by atoms with van der Waals surface area (Å²) < 4.78 is 11.7. The summed E-state index contributed by atoms with van der Waals surface area (Å²) in [6.45, 7) is 4.13. The third-order valence-corrected chi connectivity index (χ3v) is 4.10. The molecule has 0 aliphatic heterocycles. The van der Waals surface area contributed by atoms with Gasteiger partial charge in [0, 0.05) is 30.9 Å². The minimum absolute atomic E-state index is 0.233. The van der Waals surface area contributed by atoms with Gasteiger partial charge in [-0.2, -0.15) is 5.10 Å². The molecule has 1 amide bonds. The molecule has 0 aliphatic carbocycles. The Morgan fingerprint density at radius 3 is 2.58 bits per heavy atom. The van der Waals surface area contributed by atoms with Crippen LogP contribution in [-0.4, -0.2) is 35.9 Å². The fraction of sp³-hybridized carbons (Fsp3) is 0.316. The maximum Gasteiger partial charge on any atom is 0.341 e. The summed E-state index contributed by atoms with van der Waals surface area (Å²) in [6.07, 6.45) is 3.22. The highest BCUT2D eigenvalue weighted by Gasteiger charge is 2.13. The summed E-state index contributed by atoms with van der Waals surface area (Å²) in [7, 11) is 4.65. The number of ether oxygens (including phenoxy) is 2. The van der Waals surface area contributed by atoms with Crippen molar-refractivity contribution >= 4 is 18.0 Å². The average molecular weight is 357 g/mol. The van der Waals surface area contributed by atoms with E-state index in [4.69, 9.17) is 9.47 Å². The fourth-order valence-electron chi connectivity index (χ4n) is 2.57. The molecule has 1 N–H and O–H groups in total. The van der Waals surface area contributed by atoms with Gasteiger partial charge in [-0.3, -0.25) is 9.48 Å². The molecule has 2 aromatic rings. The first-order chi connectivity index (χ1) is 12.4. The number of carbonyl (C=O) groups is 2. The Hall–Kier alpha value is -3.09. The van der Waals surface area contributed by atoms with Gasteiger partial charge in [-0.25, -0.2) is 4.79 Å². The lowest BCUT2D eigenvalue weighted by Crippen LogP contribution is -2.20. The van der Waals surface area contributed by atoms with Crippen LogP contribution in [0, 0.1) is 13.8 Å². The van der Waals surface area contributed by atoms with Crippen LogP contribution in [0.5, 0.6) is 5.75 Å². The third kappa shape index (κ3) is 4.30. The van der Waals surface area contributed by atoms with Gasteiger partial charge < -0.3 is 14.8 Å². The molecule has 7 heteroatoms. The second-order valence-corrected chi connectivity index (χ2v) is 5.79. The van der Waals surface area contributed by atoms with E-state index in [9.17, 15) is 9.59 Å². The van der Waals surface area contributed by atoms with Gasteiger partial charge in [0.15, 0.2) is 0 Å². The second kappa shape index (κ2) is 8.33. The lowest BCUT2D eigenvalue weighted by molar-refractivity contribution is -0.116. The number of benzene rings is 1. The summed E-state index contributed by atoms with van der Waals surface area (Å²) in [4.78, 5) is 23.9. The number of hydrogen-bond donors (Lipinski definition) is 1. The van der Waals surface area contributed by atoms with Gasteiger partial charge in [0.25, 0.3) is 0 Å². The molecule has 0 spiro atoms. The van der Waals surface area contributed by atoms with Gasteiger partial charge in [-0.15, -0.1) is 0 Å². The van der Waals surface area contributed by atoms with Crippen LogP contribution < -0.4 is 10.1 Å². The Balaban J connectivity index is 2.05. The first-order valence-electron chi connectivity index (χ1n) is 8.08. The predicted molar refractivity (Wildman–Crippen MR) is 97.9 cm³/mol. The van der Waals surface area contributed by atoms with Crippen molar-refractivity contribution in [3.63, 3.8) is 0 Å². The lowest BCUT2D eigenvalue weighted by Gasteiger charge is -2.09. The molecular weight excluding hydrogens is 334 g/mol. The number of amides is 1. The number of carbonyl (C=O) groups excluding carboxylic acids is 2. The Morgan fingerprint density at radius 2 is 2.00 bits per heavy atom. The van der Waals surface area contributed by atoms with E-state index < -0.39 is 5.97 Å². The molecule has 26 heavy (non-hydrogen) atoms. The third-order valence-electron chi connectivity index (χ3n) is 4.10. The average Bonchev–Trinajstić information content (AvgIpc) is 2.89. The molecule has 1 aromatic heterocycles. The molecule has 138 valence electrons. The zero-order valence-corrected chi connectivity index (χ0v) is 15.6. The zero-order chi connectivity index (χ0) is 19.3. The zero-order valence-electron chi connectivity index (χ0n) is 15.6. The van der Waals surface area contributed by atoms with E-state index >= 15 is 0 Å². The molecule has 7 nitrogen and oxygen atoms in total. The standard InChI is InChI=1S/C19H23N3O4/c1-12-15(13(2)22(3)21-12)7-9-18(23)20-11-14-6-8-17(25-4)16(10-14)19(24)26-5/h6-10H,11H2,1-5H3,(H,20,23)/b9-7+. The molecule has 1 heterocycles. The van der Waals surface area contributed by atoms with E-state index in [-0.39, 0.29) is 12.5 Å². The van der Waals surface area contributed by atoms with Crippen molar-refractivity contribution < 1.29 is 19.1 Å². The van der Waals surface area contributed by atoms with Gasteiger partial charge in [-0.05, 0) is 37.6 Å². The maximum absolute atomic E-state index is 12.1. The van der Waals surface area contributed by atoms with Crippen molar-refractivity contribution in [1.29, 1.82) is 0 Å². The fourth-order valence-corrected chi connectivity index (χ4v) is 2.57. The summed E-state index contributed by atoms with van der Waals surface area (Å²) in [5.74, 6) is -0.296. The van der Waals surface area contributed by atoms with Crippen molar-refractivity contribution in [2.45, 2.75) is 20.4 Å². The summed E-state index contributed by atoms with van der Waals surface area (Å²) in [5, 5.41) is 7.10. The number of esters is 1. The van der Waals surface area contributed by atoms with Crippen LogP contribution in [0.3, 0.4) is 0 Å². The molecule has 0 fully saturated rings. The van der Waals surface area contributed by atoms with Gasteiger partial charge in [0.2, 0.25) is 5.91 Å². The van der Waals surface area contributed by atoms with Crippen LogP contribution >= 0.6 is 0 Å². The first kappa shape index (κ1) is 19.2. The topological polar surface area (TPSA) is 82.5 Å². The Bertz CT molecular complexity index is 853. The summed E-state index contributed by atoms with van der Waals surface area (Å²) >= 11 is 0. The molecule has 0 unspecified atom stereocenters. The van der Waals surface area contributed by atoms with E-state index in [1.54, 1.807) is 29.0 Å². The van der Waals surface area contributed by atoms with Gasteiger partial charge >= 0.3 is 5.97 Å². The van der Waals surface area contributed by atoms with Crippen molar-refractivity contribution in [1.82, 2.24) is 15.1 Å². The minimum atomic E-state index is -0.488. The summed E-state index contributed by atoms with van der Waals surface area (Å²) in [5.41, 5.74) is 3.87. The number of aromatic nitrogens is 2. The van der Waals surface area contributed by atoms with Crippen LogP contribution in [0.4, 0.5) is 0 Å². The van der Waals surface area contributed by atoms with Gasteiger partial charge in [0.1, 0.15) is 11.3 Å². The Labute approximate surface area is 152 Å². The number of aryl methyl sites for hydroxylation is 2. The molecule has 0 aliphatic rings. The number of hydrogen-bond acceptors (Lipinski definition) is 5. The van der Waals surface area contributed by atoms with Crippen molar-refractivity contribution in [3.8, 4) is 5.75 Å². The molecule has 0 saturated heterocycles. The predicted octanol–water partition coefficient (Wildman–Crippen LogP) is 2.16. The highest BCUT2D eigenvalue weighted by atomic mass is 16.5. The molecular formula is C19H23N3O4. The Kier molecular flexibility index (Phi) is 6.16. The number of nitrogens with one attached hydrogen (secondary N) is 1. The van der Waals surface area contributed by atoms with Crippen LogP contribution in [0.25, 0.3) is 6.08 Å². The highest BCUT2D eigenvalue weighted by Crippen LogP contribution is 2.20. The van der Waals surface area contributed by atoms with E-state index in [2.05, 4.69) is 10.4 Å². The highest BCUT2D eigenvalue weighted by molar-refractivity contribution is 5.93. The quantitative estimate of drug-likeness (QED) is 0.633. The summed E-state index contributed by atoms with van der Waals surface area (Å²) in [6, 6.07) is 5.10. The molecule has 0 bridgehead atoms. The maximum atomic E-state index is 12.1. The molecule has 0 saturated carbocycles. The number of rotatable bonds is 6. The van der Waals surface area contributed by atoms with Crippen molar-refractivity contribution in [2.75, 3.05) is 14.2 Å². The smallest absolute Gasteiger partial charge is 0.341 e. The first-order valence-corrected chi connectivity index (χ1v) is 8.08. The molecule has 0 radical (unpaired) electrons. The van der Waals surface area contributed by atoms with Crippen molar-refractivity contribution in [3.05, 3.63) is 52.4 Å². The van der Waals surface area contributed by atoms with E-state index in [1.165, 1.54) is 20.3 Å².